The minimum atomic E-state index is -3.02. The maximum absolute atomic E-state index is 11.9. The molecule has 0 aromatic carbocycles. The highest BCUT2D eigenvalue weighted by Crippen LogP contribution is 2.22. The summed E-state index contributed by atoms with van der Waals surface area (Å²) in [6.45, 7) is 1.76. The third-order valence-corrected chi connectivity index (χ3v) is 5.04. The maximum atomic E-state index is 11.9. The van der Waals surface area contributed by atoms with Gasteiger partial charge in [0.2, 0.25) is 5.91 Å². The molecule has 7 heteroatoms. The molecule has 1 aliphatic rings. The summed E-state index contributed by atoms with van der Waals surface area (Å²) in [7, 11) is -3.02. The number of amides is 1. The van der Waals surface area contributed by atoms with Crippen molar-refractivity contribution >= 4 is 21.4 Å². The first-order chi connectivity index (χ1) is 8.78. The number of rotatable bonds is 3. The zero-order valence-corrected chi connectivity index (χ0v) is 11.5. The smallest absolute Gasteiger partial charge is 0.226 e. The van der Waals surface area contributed by atoms with E-state index < -0.39 is 15.4 Å². The molecule has 2 rings (SSSR count). The van der Waals surface area contributed by atoms with Crippen LogP contribution in [0.3, 0.4) is 0 Å². The molecular weight excluding hydrogens is 266 g/mol. The van der Waals surface area contributed by atoms with E-state index in [1.165, 1.54) is 6.20 Å². The second-order valence-electron chi connectivity index (χ2n) is 5.21. The highest BCUT2D eigenvalue weighted by molar-refractivity contribution is 7.91. The highest BCUT2D eigenvalue weighted by Gasteiger charge is 2.39. The summed E-state index contributed by atoms with van der Waals surface area (Å²) in [6.07, 6.45) is 2.07. The quantitative estimate of drug-likeness (QED) is 0.806. The molecule has 1 atom stereocenters. The van der Waals surface area contributed by atoms with Gasteiger partial charge in [0, 0.05) is 5.69 Å². The van der Waals surface area contributed by atoms with E-state index in [-0.39, 0.29) is 23.8 Å². The van der Waals surface area contributed by atoms with E-state index >= 15 is 0 Å². The Labute approximate surface area is 112 Å². The molecule has 0 saturated carbocycles. The van der Waals surface area contributed by atoms with Gasteiger partial charge in [0.15, 0.2) is 9.84 Å². The standard InChI is InChI=1S/C12H17N3O3S/c1-12(4-5-19(17,18)8-12)15-11(16)6-10-3-2-9(13)7-14-10/h2-3,7H,4-6,8,13H2,1H3,(H,15,16). The zero-order chi connectivity index (χ0) is 14.1. The summed E-state index contributed by atoms with van der Waals surface area (Å²) < 4.78 is 22.9. The Morgan fingerprint density at radius 1 is 1.53 bits per heavy atom. The van der Waals surface area contributed by atoms with Crippen molar-refractivity contribution in [2.45, 2.75) is 25.3 Å². The molecule has 1 saturated heterocycles. The monoisotopic (exact) mass is 283 g/mol. The predicted octanol–water partition coefficient (Wildman–Crippen LogP) is -0.100. The zero-order valence-electron chi connectivity index (χ0n) is 10.7. The normalized spacial score (nSPS) is 25.1. The lowest BCUT2D eigenvalue weighted by molar-refractivity contribution is -0.122. The van der Waals surface area contributed by atoms with Crippen LogP contribution in [0.15, 0.2) is 18.3 Å². The molecule has 19 heavy (non-hydrogen) atoms. The first kappa shape index (κ1) is 13.8. The number of nitrogen functional groups attached to an aromatic ring is 1. The number of carbonyl (C=O) groups is 1. The lowest BCUT2D eigenvalue weighted by atomic mass is 10.0. The fourth-order valence-electron chi connectivity index (χ4n) is 2.19. The van der Waals surface area contributed by atoms with Crippen LogP contribution in [-0.4, -0.2) is 36.4 Å². The molecule has 6 nitrogen and oxygen atoms in total. The van der Waals surface area contributed by atoms with Gasteiger partial charge in [0.25, 0.3) is 0 Å². The number of nitrogens with one attached hydrogen (secondary N) is 1. The number of aromatic nitrogens is 1. The Hall–Kier alpha value is -1.63. The fraction of sp³-hybridized carbons (Fsp3) is 0.500. The van der Waals surface area contributed by atoms with E-state index in [9.17, 15) is 13.2 Å². The second-order valence-corrected chi connectivity index (χ2v) is 7.39. The average Bonchev–Trinajstić information content (AvgIpc) is 2.56. The van der Waals surface area contributed by atoms with Gasteiger partial charge in [-0.15, -0.1) is 0 Å². The summed E-state index contributed by atoms with van der Waals surface area (Å²) in [5.41, 5.74) is 6.00. The Bertz CT molecular complexity index is 583. The number of pyridine rings is 1. The van der Waals surface area contributed by atoms with Crippen LogP contribution in [0.2, 0.25) is 0 Å². The van der Waals surface area contributed by atoms with Gasteiger partial charge in [0.1, 0.15) is 0 Å². The largest absolute Gasteiger partial charge is 0.397 e. The summed E-state index contributed by atoms with van der Waals surface area (Å²) >= 11 is 0. The van der Waals surface area contributed by atoms with Gasteiger partial charge in [-0.3, -0.25) is 9.78 Å². The van der Waals surface area contributed by atoms with Crippen LogP contribution in [-0.2, 0) is 21.1 Å². The number of hydrogen-bond acceptors (Lipinski definition) is 5. The summed E-state index contributed by atoms with van der Waals surface area (Å²) in [6, 6.07) is 3.36. The Balaban J connectivity index is 1.97. The minimum absolute atomic E-state index is 0.000899. The van der Waals surface area contributed by atoms with E-state index in [1.54, 1.807) is 19.1 Å². The van der Waals surface area contributed by atoms with Crippen molar-refractivity contribution in [3.63, 3.8) is 0 Å². The molecule has 1 fully saturated rings. The SMILES string of the molecule is CC1(NC(=O)Cc2ccc(N)cn2)CCS(=O)(=O)C1. The van der Waals surface area contributed by atoms with Crippen LogP contribution in [0.5, 0.6) is 0 Å². The topological polar surface area (TPSA) is 102 Å². The number of carbonyl (C=O) groups excluding carboxylic acids is 1. The van der Waals surface area contributed by atoms with Gasteiger partial charge in [-0.05, 0) is 25.5 Å². The predicted molar refractivity (Wildman–Crippen MR) is 72.2 cm³/mol. The molecule has 0 spiro atoms. The van der Waals surface area contributed by atoms with Crippen LogP contribution >= 0.6 is 0 Å². The molecule has 1 amide bonds. The van der Waals surface area contributed by atoms with E-state index in [1.807, 2.05) is 0 Å². The summed E-state index contributed by atoms with van der Waals surface area (Å²) in [5.74, 6) is -0.0954. The van der Waals surface area contributed by atoms with Gasteiger partial charge in [-0.2, -0.15) is 0 Å². The number of nitrogens with zero attached hydrogens (tertiary/aromatic N) is 1. The van der Waals surface area contributed by atoms with Crippen molar-refractivity contribution in [1.82, 2.24) is 10.3 Å². The molecule has 3 N–H and O–H groups in total. The summed E-state index contributed by atoms with van der Waals surface area (Å²) in [4.78, 5) is 15.9. The number of nitrogens with two attached hydrogens (primary N) is 1. The average molecular weight is 283 g/mol. The minimum Gasteiger partial charge on any atom is -0.397 e. The van der Waals surface area contributed by atoms with E-state index in [4.69, 9.17) is 5.73 Å². The molecule has 0 bridgehead atoms. The van der Waals surface area contributed by atoms with Gasteiger partial charge in [-0.1, -0.05) is 0 Å². The van der Waals surface area contributed by atoms with Crippen molar-refractivity contribution in [1.29, 1.82) is 0 Å². The van der Waals surface area contributed by atoms with Gasteiger partial charge < -0.3 is 11.1 Å². The molecular formula is C12H17N3O3S. The Kier molecular flexibility index (Phi) is 3.49. The molecule has 1 aromatic heterocycles. The van der Waals surface area contributed by atoms with Crippen LogP contribution in [0.25, 0.3) is 0 Å². The van der Waals surface area contributed by atoms with Gasteiger partial charge in [-0.25, -0.2) is 8.42 Å². The first-order valence-corrected chi connectivity index (χ1v) is 7.82. The van der Waals surface area contributed by atoms with Crippen molar-refractivity contribution < 1.29 is 13.2 Å². The van der Waals surface area contributed by atoms with Gasteiger partial charge in [0.05, 0.1) is 35.3 Å². The van der Waals surface area contributed by atoms with Crippen molar-refractivity contribution in [2.75, 3.05) is 17.2 Å². The lowest BCUT2D eigenvalue weighted by Crippen LogP contribution is -2.47. The summed E-state index contributed by atoms with van der Waals surface area (Å²) in [5, 5.41) is 2.78. The molecule has 0 aliphatic carbocycles. The molecule has 1 aliphatic heterocycles. The van der Waals surface area contributed by atoms with Crippen molar-refractivity contribution in [3.8, 4) is 0 Å². The maximum Gasteiger partial charge on any atom is 0.226 e. The van der Waals surface area contributed by atoms with Crippen LogP contribution in [0.1, 0.15) is 19.0 Å². The molecule has 1 unspecified atom stereocenters. The van der Waals surface area contributed by atoms with Crippen LogP contribution in [0, 0.1) is 0 Å². The van der Waals surface area contributed by atoms with E-state index in [2.05, 4.69) is 10.3 Å². The third kappa shape index (κ3) is 3.66. The molecule has 1 aromatic rings. The number of sulfone groups is 1. The first-order valence-electron chi connectivity index (χ1n) is 6.00. The molecule has 2 heterocycles. The van der Waals surface area contributed by atoms with Crippen molar-refractivity contribution in [2.24, 2.45) is 0 Å². The van der Waals surface area contributed by atoms with E-state index in [0.29, 0.717) is 17.8 Å². The second kappa shape index (κ2) is 4.80. The van der Waals surface area contributed by atoms with Crippen LogP contribution in [0.4, 0.5) is 5.69 Å². The molecule has 104 valence electrons. The fourth-order valence-corrected chi connectivity index (χ4v) is 4.29. The Morgan fingerprint density at radius 2 is 2.26 bits per heavy atom. The van der Waals surface area contributed by atoms with Gasteiger partial charge >= 0.3 is 0 Å². The lowest BCUT2D eigenvalue weighted by Gasteiger charge is -2.23. The highest BCUT2D eigenvalue weighted by atomic mass is 32.2. The third-order valence-electron chi connectivity index (χ3n) is 3.13. The number of anilines is 1. The number of hydrogen-bond donors (Lipinski definition) is 2. The molecule has 0 radical (unpaired) electrons. The Morgan fingerprint density at radius 3 is 2.79 bits per heavy atom. The van der Waals surface area contributed by atoms with Crippen LogP contribution < -0.4 is 11.1 Å². The van der Waals surface area contributed by atoms with Crippen molar-refractivity contribution in [3.05, 3.63) is 24.0 Å². The van der Waals surface area contributed by atoms with E-state index in [0.717, 1.165) is 0 Å².